The van der Waals surface area contributed by atoms with Crippen molar-refractivity contribution in [2.75, 3.05) is 5.73 Å². The molecule has 0 amide bonds. The van der Waals surface area contributed by atoms with Gasteiger partial charge in [0, 0.05) is 18.1 Å². The molecule has 0 aliphatic rings. The van der Waals surface area contributed by atoms with E-state index in [1.807, 2.05) is 51.6 Å². The predicted octanol–water partition coefficient (Wildman–Crippen LogP) is 1.63. The molecular weight excluding hydrogens is 240 g/mol. The van der Waals surface area contributed by atoms with E-state index in [0.717, 1.165) is 22.6 Å². The Morgan fingerprint density at radius 1 is 1.05 bits per heavy atom. The van der Waals surface area contributed by atoms with Crippen LogP contribution in [0.4, 0.5) is 5.69 Å². The fraction of sp³-hybridized carbons (Fsp3) is 0. The summed E-state index contributed by atoms with van der Waals surface area (Å²) in [6.45, 7) is 0. The molecule has 92 valence electrons. The second kappa shape index (κ2) is 3.55. The lowest BCUT2D eigenvalue weighted by Gasteiger charge is -1.99. The van der Waals surface area contributed by atoms with Gasteiger partial charge in [-0.2, -0.15) is 5.10 Å². The smallest absolute Gasteiger partial charge is 0.172 e. The Bertz CT molecular complexity index is 888. The third-order valence-corrected chi connectivity index (χ3v) is 3.09. The second-order valence-electron chi connectivity index (χ2n) is 4.30. The van der Waals surface area contributed by atoms with Crippen molar-refractivity contribution in [2.45, 2.75) is 0 Å². The van der Waals surface area contributed by atoms with E-state index in [2.05, 4.69) is 15.3 Å². The van der Waals surface area contributed by atoms with E-state index in [-0.39, 0.29) is 0 Å². The first-order valence-electron chi connectivity index (χ1n) is 5.86. The quantitative estimate of drug-likeness (QED) is 0.557. The molecule has 4 aromatic rings. The zero-order chi connectivity index (χ0) is 12.8. The van der Waals surface area contributed by atoms with Gasteiger partial charge >= 0.3 is 0 Å². The predicted molar refractivity (Wildman–Crippen MR) is 71.6 cm³/mol. The summed E-state index contributed by atoms with van der Waals surface area (Å²) in [6.07, 6.45) is 5.50. The number of aromatic nitrogens is 5. The number of rotatable bonds is 1. The fourth-order valence-electron chi connectivity index (χ4n) is 2.20. The minimum absolute atomic E-state index is 0.671. The summed E-state index contributed by atoms with van der Waals surface area (Å²) >= 11 is 0. The number of nitrogen functional groups attached to an aromatic ring is 1. The number of hydrogen-bond donors (Lipinski definition) is 1. The van der Waals surface area contributed by atoms with E-state index in [1.165, 1.54) is 0 Å². The molecule has 4 aromatic heterocycles. The molecule has 6 nitrogen and oxygen atoms in total. The molecule has 0 saturated heterocycles. The van der Waals surface area contributed by atoms with Gasteiger partial charge in [-0.1, -0.05) is 6.07 Å². The summed E-state index contributed by atoms with van der Waals surface area (Å²) in [7, 11) is 0. The summed E-state index contributed by atoms with van der Waals surface area (Å²) < 4.78 is 3.68. The fourth-order valence-corrected chi connectivity index (χ4v) is 2.20. The van der Waals surface area contributed by atoms with E-state index in [1.54, 1.807) is 6.20 Å². The first-order valence-corrected chi connectivity index (χ1v) is 5.86. The van der Waals surface area contributed by atoms with Crippen molar-refractivity contribution in [3.63, 3.8) is 0 Å². The average molecular weight is 250 g/mol. The molecule has 0 atom stereocenters. The van der Waals surface area contributed by atoms with Gasteiger partial charge in [-0.3, -0.25) is 4.40 Å². The van der Waals surface area contributed by atoms with Crippen LogP contribution in [-0.4, -0.2) is 24.2 Å². The Morgan fingerprint density at radius 3 is 2.95 bits per heavy atom. The minimum Gasteiger partial charge on any atom is -0.398 e. The summed E-state index contributed by atoms with van der Waals surface area (Å²) in [5.41, 5.74) is 9.17. The van der Waals surface area contributed by atoms with E-state index >= 15 is 0 Å². The van der Waals surface area contributed by atoms with E-state index in [0.29, 0.717) is 5.69 Å². The largest absolute Gasteiger partial charge is 0.398 e. The zero-order valence-corrected chi connectivity index (χ0v) is 9.93. The number of nitrogens with zero attached hydrogens (tertiary/aromatic N) is 5. The molecule has 19 heavy (non-hydrogen) atoms. The third-order valence-electron chi connectivity index (χ3n) is 3.09. The van der Waals surface area contributed by atoms with E-state index < -0.39 is 0 Å². The third kappa shape index (κ3) is 1.40. The molecule has 0 aliphatic heterocycles. The molecule has 0 aromatic carbocycles. The van der Waals surface area contributed by atoms with Crippen LogP contribution < -0.4 is 5.73 Å². The summed E-state index contributed by atoms with van der Waals surface area (Å²) in [5, 5.41) is 12.7. The lowest BCUT2D eigenvalue weighted by molar-refractivity contribution is 0.961. The molecule has 0 spiro atoms. The van der Waals surface area contributed by atoms with Crippen molar-refractivity contribution in [1.82, 2.24) is 24.2 Å². The monoisotopic (exact) mass is 250 g/mol. The summed E-state index contributed by atoms with van der Waals surface area (Å²) in [5.74, 6) is 0.739. The van der Waals surface area contributed by atoms with E-state index in [4.69, 9.17) is 5.73 Å². The molecule has 0 fully saturated rings. The van der Waals surface area contributed by atoms with Crippen LogP contribution in [0.5, 0.6) is 0 Å². The van der Waals surface area contributed by atoms with Gasteiger partial charge in [0.1, 0.15) is 0 Å². The van der Waals surface area contributed by atoms with Gasteiger partial charge in [-0.15, -0.1) is 10.2 Å². The van der Waals surface area contributed by atoms with Gasteiger partial charge in [0.2, 0.25) is 0 Å². The maximum absolute atomic E-state index is 5.82. The van der Waals surface area contributed by atoms with Crippen LogP contribution in [0.1, 0.15) is 0 Å². The van der Waals surface area contributed by atoms with Crippen LogP contribution in [-0.2, 0) is 0 Å². The maximum Gasteiger partial charge on any atom is 0.172 e. The lowest BCUT2D eigenvalue weighted by atomic mass is 10.2. The van der Waals surface area contributed by atoms with Gasteiger partial charge in [-0.05, 0) is 24.3 Å². The van der Waals surface area contributed by atoms with Crippen LogP contribution in [0.2, 0.25) is 0 Å². The number of nitrogens with two attached hydrogens (primary N) is 1. The Kier molecular flexibility index (Phi) is 1.88. The summed E-state index contributed by atoms with van der Waals surface area (Å²) in [4.78, 5) is 0. The standard InChI is InChI=1S/C13H10N6/c14-9-4-5-12-16-17-13(18(12)8-9)10-7-15-19-6-2-1-3-11(10)19/h1-8H,14H2. The number of fused-ring (bicyclic) bond motifs is 2. The van der Waals surface area contributed by atoms with Crippen LogP contribution >= 0.6 is 0 Å². The molecule has 4 heterocycles. The Hall–Kier alpha value is -2.89. The molecule has 2 N–H and O–H groups in total. The van der Waals surface area contributed by atoms with E-state index in [9.17, 15) is 0 Å². The van der Waals surface area contributed by atoms with Gasteiger partial charge in [0.25, 0.3) is 0 Å². The molecule has 0 radical (unpaired) electrons. The van der Waals surface area contributed by atoms with Gasteiger partial charge in [0.15, 0.2) is 11.5 Å². The topological polar surface area (TPSA) is 73.5 Å². The van der Waals surface area contributed by atoms with Gasteiger partial charge < -0.3 is 5.73 Å². The molecule has 4 rings (SSSR count). The minimum atomic E-state index is 0.671. The van der Waals surface area contributed by atoms with Crippen molar-refractivity contribution in [3.05, 3.63) is 48.9 Å². The van der Waals surface area contributed by atoms with Crippen LogP contribution in [0, 0.1) is 0 Å². The first kappa shape index (κ1) is 10.1. The van der Waals surface area contributed by atoms with Crippen molar-refractivity contribution in [3.8, 4) is 11.4 Å². The highest BCUT2D eigenvalue weighted by atomic mass is 15.3. The maximum atomic E-state index is 5.82. The highest BCUT2D eigenvalue weighted by Crippen LogP contribution is 2.23. The SMILES string of the molecule is Nc1ccc2nnc(-c3cnn4ccccc34)n2c1. The summed E-state index contributed by atoms with van der Waals surface area (Å²) in [6, 6.07) is 9.55. The Morgan fingerprint density at radius 2 is 2.00 bits per heavy atom. The van der Waals surface area contributed by atoms with Crippen molar-refractivity contribution < 1.29 is 0 Å². The number of hydrogen-bond acceptors (Lipinski definition) is 4. The van der Waals surface area contributed by atoms with Crippen molar-refractivity contribution in [1.29, 1.82) is 0 Å². The second-order valence-corrected chi connectivity index (χ2v) is 4.30. The molecular formula is C13H10N6. The lowest BCUT2D eigenvalue weighted by Crippen LogP contribution is -1.92. The van der Waals surface area contributed by atoms with Crippen LogP contribution in [0.15, 0.2) is 48.9 Å². The number of anilines is 1. The van der Waals surface area contributed by atoms with Crippen LogP contribution in [0.3, 0.4) is 0 Å². The Balaban J connectivity index is 2.06. The first-order chi connectivity index (χ1) is 9.33. The van der Waals surface area contributed by atoms with Crippen molar-refractivity contribution in [2.24, 2.45) is 0 Å². The highest BCUT2D eigenvalue weighted by molar-refractivity contribution is 5.77. The zero-order valence-electron chi connectivity index (χ0n) is 9.93. The Labute approximate surface area is 108 Å². The van der Waals surface area contributed by atoms with Crippen molar-refractivity contribution >= 4 is 16.9 Å². The molecule has 6 heteroatoms. The highest BCUT2D eigenvalue weighted by Gasteiger charge is 2.12. The molecule has 0 bridgehead atoms. The molecule has 0 unspecified atom stereocenters. The molecule has 0 aliphatic carbocycles. The number of pyridine rings is 2. The van der Waals surface area contributed by atoms with Gasteiger partial charge in [-0.25, -0.2) is 4.52 Å². The van der Waals surface area contributed by atoms with Crippen LogP contribution in [0.25, 0.3) is 22.6 Å². The molecule has 0 saturated carbocycles. The van der Waals surface area contributed by atoms with Gasteiger partial charge in [0.05, 0.1) is 17.3 Å². The normalized spacial score (nSPS) is 11.4. The average Bonchev–Trinajstić information content (AvgIpc) is 3.01.